The normalized spacial score (nSPS) is 12.8. The van der Waals surface area contributed by atoms with E-state index in [0.717, 1.165) is 39.4 Å². The summed E-state index contributed by atoms with van der Waals surface area (Å²) in [5.41, 5.74) is 18.3. The van der Waals surface area contributed by atoms with Gasteiger partial charge < -0.3 is 14.5 Å². The van der Waals surface area contributed by atoms with Gasteiger partial charge in [0.1, 0.15) is 24.0 Å². The monoisotopic (exact) mass is 796 g/mol. The Morgan fingerprint density at radius 2 is 1.11 bits per heavy atom. The van der Waals surface area contributed by atoms with Gasteiger partial charge in [-0.1, -0.05) is 156 Å². The van der Waals surface area contributed by atoms with Crippen molar-refractivity contribution in [2.24, 2.45) is 0 Å². The van der Waals surface area contributed by atoms with Crippen molar-refractivity contribution in [3.63, 3.8) is 0 Å². The summed E-state index contributed by atoms with van der Waals surface area (Å²) in [6, 6.07) is 69.6. The summed E-state index contributed by atoms with van der Waals surface area (Å²) in [6.07, 6.45) is 1.85. The van der Waals surface area contributed by atoms with Gasteiger partial charge in [0, 0.05) is 45.9 Å². The average molecular weight is 797 g/mol. The number of hydrogen-bond donors (Lipinski definition) is 0. The Labute approximate surface area is 361 Å². The number of rotatable bonds is 7. The molecule has 5 nitrogen and oxygen atoms in total. The molecule has 8 aromatic carbocycles. The van der Waals surface area contributed by atoms with Gasteiger partial charge in [-0.2, -0.15) is 0 Å². The Balaban J connectivity index is 1.03. The number of aryl methyl sites for hydroxylation is 2. The van der Waals surface area contributed by atoms with Gasteiger partial charge in [0.15, 0.2) is 0 Å². The van der Waals surface area contributed by atoms with E-state index in [1.54, 1.807) is 0 Å². The van der Waals surface area contributed by atoms with E-state index < -0.39 is 0 Å². The Hall–Kier alpha value is -7.83. The Morgan fingerprint density at radius 3 is 1.85 bits per heavy atom. The molecule has 0 saturated heterocycles. The molecular weight excluding hydrogens is 755 g/mol. The maximum absolute atomic E-state index is 6.92. The third kappa shape index (κ3) is 5.67. The zero-order valence-electron chi connectivity index (χ0n) is 34.5. The molecule has 2 aromatic heterocycles. The second-order valence-corrected chi connectivity index (χ2v) is 16.4. The van der Waals surface area contributed by atoms with Crippen LogP contribution in [0.3, 0.4) is 0 Å². The van der Waals surface area contributed by atoms with Crippen molar-refractivity contribution in [3.05, 3.63) is 211 Å². The molecular formula is C56H41BN4O. The molecule has 0 fully saturated rings. The van der Waals surface area contributed by atoms with Crippen molar-refractivity contribution in [2.45, 2.75) is 13.8 Å². The summed E-state index contributed by atoms with van der Waals surface area (Å²) in [5.74, 6) is 2.44. The molecule has 294 valence electrons. The van der Waals surface area contributed by atoms with Crippen LogP contribution in [0.5, 0.6) is 11.5 Å². The number of ether oxygens (including phenoxy) is 1. The maximum atomic E-state index is 6.92. The molecule has 0 aliphatic carbocycles. The van der Waals surface area contributed by atoms with E-state index in [0.29, 0.717) is 6.67 Å². The number of benzene rings is 8. The van der Waals surface area contributed by atoms with Crippen molar-refractivity contribution in [2.75, 3.05) is 16.5 Å². The third-order valence-corrected chi connectivity index (χ3v) is 12.9. The molecule has 12 rings (SSSR count). The van der Waals surface area contributed by atoms with Crippen molar-refractivity contribution in [1.82, 2.24) is 9.55 Å². The van der Waals surface area contributed by atoms with Crippen molar-refractivity contribution >= 4 is 67.7 Å². The van der Waals surface area contributed by atoms with Crippen LogP contribution in [0.15, 0.2) is 200 Å². The van der Waals surface area contributed by atoms with Crippen molar-refractivity contribution in [1.29, 1.82) is 0 Å². The SMILES string of the molecule is Cc1cccc(C)c1B1c2ccc(Oc3ccc4c5ccccc5n(-c5ccccn5)c4c3)cc2N2CN(c3c(-c4ccccc4)cccc3-c3ccccc3)c3cccc1c32. The summed E-state index contributed by atoms with van der Waals surface area (Å²) >= 11 is 0. The van der Waals surface area contributed by atoms with Crippen LogP contribution in [0.2, 0.25) is 0 Å². The Bertz CT molecular complexity index is 3270. The summed E-state index contributed by atoms with van der Waals surface area (Å²) < 4.78 is 9.15. The second-order valence-electron chi connectivity index (χ2n) is 16.4. The summed E-state index contributed by atoms with van der Waals surface area (Å²) in [7, 11) is 0. The highest BCUT2D eigenvalue weighted by Crippen LogP contribution is 2.51. The van der Waals surface area contributed by atoms with E-state index in [1.807, 2.05) is 18.3 Å². The fourth-order valence-electron chi connectivity index (χ4n) is 10.2. The standard InChI is InChI=1S/C56H41BN4O/c1-37-16-13-17-38(2)54(37)57-47-32-30-42(62-41-29-31-46-45-22-9-10-26-49(45)61(51(46)34-41)53-28-11-12-33-58-53)35-52(47)60-36-59(50-27-15-25-48(57)56(50)60)55-43(39-18-5-3-6-19-39)23-14-24-44(55)40-20-7-4-8-21-40/h3-35H,36H2,1-2H3. The van der Waals surface area contributed by atoms with E-state index in [-0.39, 0.29) is 6.71 Å². The fraction of sp³-hybridized carbons (Fsp3) is 0.0536. The summed E-state index contributed by atoms with van der Waals surface area (Å²) in [5, 5.41) is 2.34. The molecule has 0 saturated carbocycles. The molecule has 0 amide bonds. The zero-order valence-corrected chi connectivity index (χ0v) is 34.5. The van der Waals surface area contributed by atoms with Gasteiger partial charge in [-0.15, -0.1) is 0 Å². The molecule has 2 aliphatic heterocycles. The minimum Gasteiger partial charge on any atom is -0.457 e. The topological polar surface area (TPSA) is 33.5 Å². The van der Waals surface area contributed by atoms with Crippen LogP contribution in [0.4, 0.5) is 22.7 Å². The van der Waals surface area contributed by atoms with Gasteiger partial charge in [0.05, 0.1) is 28.1 Å². The van der Waals surface area contributed by atoms with Crippen LogP contribution in [-0.4, -0.2) is 22.9 Å². The number of para-hydroxylation sites is 3. The largest absolute Gasteiger partial charge is 0.457 e. The molecule has 0 atom stereocenters. The predicted molar refractivity (Wildman–Crippen MR) is 259 cm³/mol. The first kappa shape index (κ1) is 36.1. The fourth-order valence-corrected chi connectivity index (χ4v) is 10.2. The number of fused-ring (bicyclic) bond motifs is 5. The molecule has 62 heavy (non-hydrogen) atoms. The van der Waals surface area contributed by atoms with E-state index >= 15 is 0 Å². The maximum Gasteiger partial charge on any atom is 0.247 e. The lowest BCUT2D eigenvalue weighted by molar-refractivity contribution is 0.483. The zero-order chi connectivity index (χ0) is 41.3. The lowest BCUT2D eigenvalue weighted by Gasteiger charge is -2.34. The number of nitrogens with zero attached hydrogens (tertiary/aromatic N) is 4. The summed E-state index contributed by atoms with van der Waals surface area (Å²) in [4.78, 5) is 9.82. The number of pyridine rings is 1. The van der Waals surface area contributed by atoms with Crippen LogP contribution < -0.4 is 30.9 Å². The van der Waals surface area contributed by atoms with Crippen LogP contribution in [0.1, 0.15) is 11.1 Å². The van der Waals surface area contributed by atoms with Crippen molar-refractivity contribution < 1.29 is 4.74 Å². The van der Waals surface area contributed by atoms with Gasteiger partial charge in [-0.25, -0.2) is 4.98 Å². The first-order valence-corrected chi connectivity index (χ1v) is 21.3. The van der Waals surface area contributed by atoms with Gasteiger partial charge in [0.25, 0.3) is 0 Å². The number of anilines is 4. The first-order valence-electron chi connectivity index (χ1n) is 21.3. The Kier molecular flexibility index (Phi) is 8.39. The molecule has 0 N–H and O–H groups in total. The molecule has 6 heteroatoms. The Morgan fingerprint density at radius 1 is 0.484 bits per heavy atom. The highest BCUT2D eigenvalue weighted by atomic mass is 16.5. The van der Waals surface area contributed by atoms with E-state index in [9.17, 15) is 0 Å². The minimum absolute atomic E-state index is 0.0368. The third-order valence-electron chi connectivity index (χ3n) is 12.9. The first-order chi connectivity index (χ1) is 30.6. The van der Waals surface area contributed by atoms with Gasteiger partial charge >= 0.3 is 0 Å². The number of aromatic nitrogens is 2. The average Bonchev–Trinajstić information content (AvgIpc) is 3.87. The lowest BCUT2D eigenvalue weighted by atomic mass is 9.34. The van der Waals surface area contributed by atoms with Crippen LogP contribution in [0, 0.1) is 13.8 Å². The molecule has 2 aliphatic rings. The second kappa shape index (κ2) is 14.4. The van der Waals surface area contributed by atoms with Crippen LogP contribution in [-0.2, 0) is 0 Å². The number of hydrogen-bond acceptors (Lipinski definition) is 4. The van der Waals surface area contributed by atoms with Gasteiger partial charge in [-0.05, 0) is 78.4 Å². The molecule has 0 radical (unpaired) electrons. The summed E-state index contributed by atoms with van der Waals surface area (Å²) in [6.45, 7) is 5.19. The predicted octanol–water partition coefficient (Wildman–Crippen LogP) is 12.0. The van der Waals surface area contributed by atoms with Crippen LogP contribution >= 0.6 is 0 Å². The quantitative estimate of drug-likeness (QED) is 0.150. The van der Waals surface area contributed by atoms with Gasteiger partial charge in [-0.3, -0.25) is 4.57 Å². The molecule has 0 bridgehead atoms. The molecule has 4 heterocycles. The van der Waals surface area contributed by atoms with E-state index in [4.69, 9.17) is 9.72 Å². The highest BCUT2D eigenvalue weighted by Gasteiger charge is 2.43. The van der Waals surface area contributed by atoms with E-state index in [1.165, 1.54) is 72.2 Å². The van der Waals surface area contributed by atoms with Crippen LogP contribution in [0.25, 0.3) is 49.9 Å². The molecule has 10 aromatic rings. The molecule has 0 unspecified atom stereocenters. The smallest absolute Gasteiger partial charge is 0.247 e. The minimum atomic E-state index is 0.0368. The van der Waals surface area contributed by atoms with E-state index in [2.05, 4.69) is 210 Å². The van der Waals surface area contributed by atoms with Crippen molar-refractivity contribution in [3.8, 4) is 39.6 Å². The lowest BCUT2D eigenvalue weighted by Crippen LogP contribution is -2.58. The van der Waals surface area contributed by atoms with Gasteiger partial charge in [0.2, 0.25) is 6.71 Å². The highest BCUT2D eigenvalue weighted by molar-refractivity contribution is 6.98. The molecule has 0 spiro atoms.